The summed E-state index contributed by atoms with van der Waals surface area (Å²) in [4.78, 5) is 14.6. The standard InChI is InChI=1S/C19H22N2O2/c1-23-18-9-5-8-16(12-18)20-19(22)14-21(17-10-11-17)13-15-6-3-2-4-7-15/h2-9,12,17H,10-11,13-14H2,1H3,(H,20,22). The van der Waals surface area contributed by atoms with E-state index in [4.69, 9.17) is 4.74 Å². The van der Waals surface area contributed by atoms with E-state index in [9.17, 15) is 4.79 Å². The minimum atomic E-state index is 0.0149. The Morgan fingerprint density at radius 3 is 2.65 bits per heavy atom. The molecule has 4 heteroatoms. The molecule has 1 saturated carbocycles. The van der Waals surface area contributed by atoms with Crippen molar-refractivity contribution in [2.75, 3.05) is 19.0 Å². The molecule has 0 spiro atoms. The highest BCUT2D eigenvalue weighted by atomic mass is 16.5. The van der Waals surface area contributed by atoms with Crippen LogP contribution >= 0.6 is 0 Å². The Kier molecular flexibility index (Phi) is 4.93. The molecule has 0 heterocycles. The van der Waals surface area contributed by atoms with Crippen LogP contribution in [0.15, 0.2) is 54.6 Å². The van der Waals surface area contributed by atoms with Crippen molar-refractivity contribution in [2.45, 2.75) is 25.4 Å². The van der Waals surface area contributed by atoms with Gasteiger partial charge in [0.25, 0.3) is 0 Å². The molecule has 23 heavy (non-hydrogen) atoms. The van der Waals surface area contributed by atoms with Crippen molar-refractivity contribution < 1.29 is 9.53 Å². The summed E-state index contributed by atoms with van der Waals surface area (Å²) >= 11 is 0. The molecular weight excluding hydrogens is 288 g/mol. The van der Waals surface area contributed by atoms with Gasteiger partial charge in [-0.1, -0.05) is 36.4 Å². The SMILES string of the molecule is COc1cccc(NC(=O)CN(Cc2ccccc2)C2CC2)c1. The van der Waals surface area contributed by atoms with Crippen molar-refractivity contribution in [3.8, 4) is 5.75 Å². The van der Waals surface area contributed by atoms with Crippen LogP contribution in [0.1, 0.15) is 18.4 Å². The maximum atomic E-state index is 12.4. The van der Waals surface area contributed by atoms with E-state index in [0.717, 1.165) is 18.0 Å². The summed E-state index contributed by atoms with van der Waals surface area (Å²) < 4.78 is 5.18. The molecule has 2 aromatic rings. The van der Waals surface area contributed by atoms with E-state index in [1.54, 1.807) is 7.11 Å². The number of methoxy groups -OCH3 is 1. The number of benzene rings is 2. The molecule has 3 rings (SSSR count). The summed E-state index contributed by atoms with van der Waals surface area (Å²) in [5.41, 5.74) is 2.01. The van der Waals surface area contributed by atoms with E-state index in [-0.39, 0.29) is 5.91 Å². The lowest BCUT2D eigenvalue weighted by Gasteiger charge is -2.21. The Hall–Kier alpha value is -2.33. The molecule has 0 aromatic heterocycles. The molecule has 0 radical (unpaired) electrons. The number of anilines is 1. The average Bonchev–Trinajstić information content (AvgIpc) is 3.40. The molecule has 0 bridgehead atoms. The van der Waals surface area contributed by atoms with Gasteiger partial charge in [0.2, 0.25) is 5.91 Å². The second kappa shape index (κ2) is 7.29. The maximum absolute atomic E-state index is 12.4. The van der Waals surface area contributed by atoms with Gasteiger partial charge < -0.3 is 10.1 Å². The molecule has 1 N–H and O–H groups in total. The van der Waals surface area contributed by atoms with Crippen LogP contribution in [-0.4, -0.2) is 30.5 Å². The van der Waals surface area contributed by atoms with Gasteiger partial charge >= 0.3 is 0 Å². The van der Waals surface area contributed by atoms with Gasteiger partial charge in [-0.15, -0.1) is 0 Å². The van der Waals surface area contributed by atoms with Crippen molar-refractivity contribution in [2.24, 2.45) is 0 Å². The molecule has 2 aromatic carbocycles. The highest BCUT2D eigenvalue weighted by Crippen LogP contribution is 2.28. The molecule has 0 atom stereocenters. The summed E-state index contributed by atoms with van der Waals surface area (Å²) in [5, 5.41) is 2.95. The van der Waals surface area contributed by atoms with Crippen LogP contribution < -0.4 is 10.1 Å². The average molecular weight is 310 g/mol. The molecule has 1 aliphatic rings. The molecule has 0 unspecified atom stereocenters. The van der Waals surface area contributed by atoms with Crippen LogP contribution in [0.3, 0.4) is 0 Å². The van der Waals surface area contributed by atoms with Crippen LogP contribution in [0.25, 0.3) is 0 Å². The van der Waals surface area contributed by atoms with E-state index in [0.29, 0.717) is 12.6 Å². The summed E-state index contributed by atoms with van der Waals surface area (Å²) in [5.74, 6) is 0.757. The van der Waals surface area contributed by atoms with Crippen LogP contribution in [-0.2, 0) is 11.3 Å². The number of ether oxygens (including phenoxy) is 1. The predicted molar refractivity (Wildman–Crippen MR) is 91.5 cm³/mol. The lowest BCUT2D eigenvalue weighted by atomic mass is 10.2. The van der Waals surface area contributed by atoms with Crippen molar-refractivity contribution >= 4 is 11.6 Å². The quantitative estimate of drug-likeness (QED) is 0.853. The number of amides is 1. The van der Waals surface area contributed by atoms with Crippen LogP contribution in [0.5, 0.6) is 5.75 Å². The number of nitrogens with zero attached hydrogens (tertiary/aromatic N) is 1. The second-order valence-corrected chi connectivity index (χ2v) is 5.90. The third kappa shape index (κ3) is 4.57. The van der Waals surface area contributed by atoms with Crippen LogP contribution in [0.2, 0.25) is 0 Å². The fourth-order valence-electron chi connectivity index (χ4n) is 2.66. The lowest BCUT2D eigenvalue weighted by Crippen LogP contribution is -2.34. The minimum Gasteiger partial charge on any atom is -0.497 e. The summed E-state index contributed by atoms with van der Waals surface area (Å²) in [6, 6.07) is 18.3. The zero-order chi connectivity index (χ0) is 16.1. The number of rotatable bonds is 7. The first-order chi connectivity index (χ1) is 11.2. The molecule has 120 valence electrons. The summed E-state index contributed by atoms with van der Waals surface area (Å²) in [6.45, 7) is 1.23. The highest BCUT2D eigenvalue weighted by molar-refractivity contribution is 5.92. The fraction of sp³-hybridized carbons (Fsp3) is 0.316. The van der Waals surface area contributed by atoms with E-state index < -0.39 is 0 Å². The Morgan fingerprint density at radius 1 is 1.17 bits per heavy atom. The minimum absolute atomic E-state index is 0.0149. The number of nitrogens with one attached hydrogen (secondary N) is 1. The smallest absolute Gasteiger partial charge is 0.238 e. The largest absolute Gasteiger partial charge is 0.497 e. The third-order valence-electron chi connectivity index (χ3n) is 3.99. The van der Waals surface area contributed by atoms with E-state index in [1.165, 1.54) is 18.4 Å². The van der Waals surface area contributed by atoms with Gasteiger partial charge in [-0.25, -0.2) is 0 Å². The summed E-state index contributed by atoms with van der Waals surface area (Å²) in [7, 11) is 1.62. The highest BCUT2D eigenvalue weighted by Gasteiger charge is 2.30. The normalized spacial score (nSPS) is 13.8. The first-order valence-electron chi connectivity index (χ1n) is 7.96. The first kappa shape index (κ1) is 15.6. The molecule has 4 nitrogen and oxygen atoms in total. The monoisotopic (exact) mass is 310 g/mol. The Labute approximate surface area is 137 Å². The van der Waals surface area contributed by atoms with Gasteiger partial charge in [-0.2, -0.15) is 0 Å². The van der Waals surface area contributed by atoms with Crippen molar-refractivity contribution in [1.29, 1.82) is 0 Å². The summed E-state index contributed by atoms with van der Waals surface area (Å²) in [6.07, 6.45) is 2.36. The van der Waals surface area contributed by atoms with Gasteiger partial charge in [-0.3, -0.25) is 9.69 Å². The van der Waals surface area contributed by atoms with Gasteiger partial charge in [0.1, 0.15) is 5.75 Å². The number of carbonyl (C=O) groups is 1. The van der Waals surface area contributed by atoms with Crippen LogP contribution in [0, 0.1) is 0 Å². The first-order valence-corrected chi connectivity index (χ1v) is 7.96. The van der Waals surface area contributed by atoms with Crippen molar-refractivity contribution in [1.82, 2.24) is 4.90 Å². The Bertz CT molecular complexity index is 653. The maximum Gasteiger partial charge on any atom is 0.238 e. The van der Waals surface area contributed by atoms with Gasteiger partial charge in [0.05, 0.1) is 13.7 Å². The zero-order valence-corrected chi connectivity index (χ0v) is 13.4. The molecule has 0 saturated heterocycles. The zero-order valence-electron chi connectivity index (χ0n) is 13.4. The Morgan fingerprint density at radius 2 is 1.96 bits per heavy atom. The van der Waals surface area contributed by atoms with E-state index >= 15 is 0 Å². The molecule has 0 aliphatic heterocycles. The lowest BCUT2D eigenvalue weighted by molar-refractivity contribution is -0.117. The fourth-order valence-corrected chi connectivity index (χ4v) is 2.66. The predicted octanol–water partition coefficient (Wildman–Crippen LogP) is 3.30. The Balaban J connectivity index is 1.60. The molecule has 1 fully saturated rings. The van der Waals surface area contributed by atoms with E-state index in [2.05, 4.69) is 22.3 Å². The number of carbonyl (C=O) groups excluding carboxylic acids is 1. The van der Waals surface area contributed by atoms with Crippen molar-refractivity contribution in [3.05, 3.63) is 60.2 Å². The van der Waals surface area contributed by atoms with Crippen molar-refractivity contribution in [3.63, 3.8) is 0 Å². The topological polar surface area (TPSA) is 41.6 Å². The molecule has 1 amide bonds. The number of hydrogen-bond acceptors (Lipinski definition) is 3. The second-order valence-electron chi connectivity index (χ2n) is 5.90. The molecular formula is C19H22N2O2. The van der Waals surface area contributed by atoms with Gasteiger partial charge in [0.15, 0.2) is 0 Å². The van der Waals surface area contributed by atoms with Gasteiger partial charge in [-0.05, 0) is 30.5 Å². The van der Waals surface area contributed by atoms with Gasteiger partial charge in [0, 0.05) is 24.3 Å². The molecule has 1 aliphatic carbocycles. The van der Waals surface area contributed by atoms with E-state index in [1.807, 2.05) is 42.5 Å². The third-order valence-corrected chi connectivity index (χ3v) is 3.99. The number of hydrogen-bond donors (Lipinski definition) is 1. The van der Waals surface area contributed by atoms with Crippen LogP contribution in [0.4, 0.5) is 5.69 Å².